The lowest BCUT2D eigenvalue weighted by atomic mass is 9.96. The summed E-state index contributed by atoms with van der Waals surface area (Å²) < 4.78 is 5.37. The van der Waals surface area contributed by atoms with Crippen molar-refractivity contribution >= 4 is 0 Å². The van der Waals surface area contributed by atoms with Crippen LogP contribution in [0.4, 0.5) is 0 Å². The van der Waals surface area contributed by atoms with Crippen molar-refractivity contribution in [2.45, 2.75) is 39.7 Å². The van der Waals surface area contributed by atoms with Crippen molar-refractivity contribution in [3.63, 3.8) is 0 Å². The van der Waals surface area contributed by atoms with Crippen molar-refractivity contribution in [1.82, 2.24) is 4.98 Å². The van der Waals surface area contributed by atoms with E-state index in [1.165, 1.54) is 5.56 Å². The van der Waals surface area contributed by atoms with Gasteiger partial charge in [0.2, 0.25) is 0 Å². The Labute approximate surface area is 98.0 Å². The van der Waals surface area contributed by atoms with E-state index in [2.05, 4.69) is 11.1 Å². The fourth-order valence-corrected chi connectivity index (χ4v) is 1.94. The molecule has 1 aromatic rings. The summed E-state index contributed by atoms with van der Waals surface area (Å²) >= 11 is 0. The molecule has 0 bridgehead atoms. The summed E-state index contributed by atoms with van der Waals surface area (Å²) in [6.45, 7) is 8.20. The molecule has 16 heavy (non-hydrogen) atoms. The Morgan fingerprint density at radius 1 is 1.44 bits per heavy atom. The van der Waals surface area contributed by atoms with E-state index in [-0.39, 0.29) is 0 Å². The Balaban J connectivity index is 0.000000606. The normalized spacial score (nSPS) is 19.1. The molecule has 0 spiro atoms. The van der Waals surface area contributed by atoms with E-state index in [1.54, 1.807) is 0 Å². The number of ether oxygens (including phenoxy) is 1. The lowest BCUT2D eigenvalue weighted by molar-refractivity contribution is 0.193. The number of nitrogens with two attached hydrogens (primary N) is 1. The molecule has 0 aliphatic carbocycles. The highest BCUT2D eigenvalue weighted by Gasteiger charge is 2.20. The lowest BCUT2D eigenvalue weighted by Gasteiger charge is -2.12. The molecule has 2 heterocycles. The highest BCUT2D eigenvalue weighted by molar-refractivity contribution is 5.27. The van der Waals surface area contributed by atoms with Gasteiger partial charge in [0.1, 0.15) is 0 Å². The van der Waals surface area contributed by atoms with Crippen molar-refractivity contribution < 1.29 is 4.74 Å². The first kappa shape index (κ1) is 13.1. The van der Waals surface area contributed by atoms with E-state index < -0.39 is 0 Å². The van der Waals surface area contributed by atoms with Crippen LogP contribution in [0.3, 0.4) is 0 Å². The third-order valence-corrected chi connectivity index (χ3v) is 2.71. The van der Waals surface area contributed by atoms with Crippen molar-refractivity contribution in [2.24, 2.45) is 5.73 Å². The largest absolute Gasteiger partial charge is 0.381 e. The van der Waals surface area contributed by atoms with Gasteiger partial charge in [-0.1, -0.05) is 19.9 Å². The third kappa shape index (κ3) is 3.03. The van der Waals surface area contributed by atoms with E-state index in [0.29, 0.717) is 12.5 Å². The van der Waals surface area contributed by atoms with Crippen LogP contribution < -0.4 is 5.73 Å². The van der Waals surface area contributed by atoms with Crippen molar-refractivity contribution in [3.8, 4) is 0 Å². The van der Waals surface area contributed by atoms with Crippen LogP contribution in [-0.4, -0.2) is 18.2 Å². The van der Waals surface area contributed by atoms with Gasteiger partial charge in [0.05, 0.1) is 12.3 Å². The number of aryl methyl sites for hydroxylation is 1. The highest BCUT2D eigenvalue weighted by Crippen LogP contribution is 2.27. The molecule has 1 fully saturated rings. The summed E-state index contributed by atoms with van der Waals surface area (Å²) in [5.74, 6) is 0.502. The van der Waals surface area contributed by atoms with E-state index in [4.69, 9.17) is 10.5 Å². The first-order valence-corrected chi connectivity index (χ1v) is 6.05. The molecule has 0 radical (unpaired) electrons. The molecule has 1 saturated heterocycles. The maximum Gasteiger partial charge on any atom is 0.0578 e. The van der Waals surface area contributed by atoms with Crippen LogP contribution in [0.5, 0.6) is 0 Å². The van der Waals surface area contributed by atoms with Crippen LogP contribution in [0.1, 0.15) is 43.1 Å². The predicted octanol–water partition coefficient (Wildman–Crippen LogP) is 2.38. The van der Waals surface area contributed by atoms with Gasteiger partial charge < -0.3 is 10.5 Å². The predicted molar refractivity (Wildman–Crippen MR) is 66.4 cm³/mol. The monoisotopic (exact) mass is 222 g/mol. The zero-order chi connectivity index (χ0) is 12.0. The molecule has 1 aromatic heterocycles. The molecule has 1 aliphatic rings. The molecule has 1 aliphatic heterocycles. The Bertz CT molecular complexity index is 320. The maximum atomic E-state index is 5.68. The fraction of sp³-hybridized carbons (Fsp3) is 0.615. The first-order valence-electron chi connectivity index (χ1n) is 6.05. The van der Waals surface area contributed by atoms with Gasteiger partial charge in [0.25, 0.3) is 0 Å². The second-order valence-corrected chi connectivity index (χ2v) is 3.75. The molecule has 2 N–H and O–H groups in total. The van der Waals surface area contributed by atoms with Crippen LogP contribution in [0, 0.1) is 6.92 Å². The minimum Gasteiger partial charge on any atom is -0.381 e. The minimum absolute atomic E-state index is 0.502. The molecule has 2 rings (SSSR count). The van der Waals surface area contributed by atoms with Gasteiger partial charge in [-0.25, -0.2) is 0 Å². The van der Waals surface area contributed by atoms with Crippen LogP contribution in [-0.2, 0) is 11.3 Å². The Morgan fingerprint density at radius 2 is 2.19 bits per heavy atom. The average molecular weight is 222 g/mol. The highest BCUT2D eigenvalue weighted by atomic mass is 16.5. The number of nitrogens with zero attached hydrogens (tertiary/aromatic N) is 1. The molecule has 3 nitrogen and oxygen atoms in total. The van der Waals surface area contributed by atoms with E-state index in [9.17, 15) is 0 Å². The summed E-state index contributed by atoms with van der Waals surface area (Å²) in [5, 5.41) is 0. The van der Waals surface area contributed by atoms with Crippen LogP contribution in [0.2, 0.25) is 0 Å². The van der Waals surface area contributed by atoms with Crippen molar-refractivity contribution in [1.29, 1.82) is 0 Å². The smallest absolute Gasteiger partial charge is 0.0578 e. The van der Waals surface area contributed by atoms with E-state index in [1.807, 2.05) is 26.8 Å². The van der Waals surface area contributed by atoms with Crippen molar-refractivity contribution in [2.75, 3.05) is 13.2 Å². The van der Waals surface area contributed by atoms with Crippen LogP contribution in [0.15, 0.2) is 12.1 Å². The first-order chi connectivity index (χ1) is 7.81. The van der Waals surface area contributed by atoms with E-state index >= 15 is 0 Å². The Morgan fingerprint density at radius 3 is 2.75 bits per heavy atom. The van der Waals surface area contributed by atoms with Crippen LogP contribution in [0.25, 0.3) is 0 Å². The zero-order valence-electron chi connectivity index (χ0n) is 10.5. The molecule has 3 heteroatoms. The average Bonchev–Trinajstić information content (AvgIpc) is 2.85. The topological polar surface area (TPSA) is 48.1 Å². The van der Waals surface area contributed by atoms with Gasteiger partial charge in [-0.3, -0.25) is 4.98 Å². The fourth-order valence-electron chi connectivity index (χ4n) is 1.94. The summed E-state index contributed by atoms with van der Waals surface area (Å²) in [7, 11) is 0. The summed E-state index contributed by atoms with van der Waals surface area (Å²) in [6, 6.07) is 4.19. The summed E-state index contributed by atoms with van der Waals surface area (Å²) in [4.78, 5) is 4.46. The third-order valence-electron chi connectivity index (χ3n) is 2.71. The molecule has 0 aromatic carbocycles. The quantitative estimate of drug-likeness (QED) is 0.835. The lowest BCUT2D eigenvalue weighted by Crippen LogP contribution is -2.09. The SMILES string of the molecule is CC.Cc1ccc(C2CCOC2)c(CN)n1. The Kier molecular flexibility index (Phi) is 5.43. The second kappa shape index (κ2) is 6.61. The molecular formula is C13H22N2O. The minimum atomic E-state index is 0.502. The molecule has 1 unspecified atom stereocenters. The standard InChI is InChI=1S/C11H16N2O.C2H6/c1-8-2-3-10(11(6-12)13-8)9-4-5-14-7-9;1-2/h2-3,9H,4-7,12H2,1H3;1-2H3. The number of hydrogen-bond acceptors (Lipinski definition) is 3. The molecule has 0 saturated carbocycles. The van der Waals surface area contributed by atoms with Crippen LogP contribution >= 0.6 is 0 Å². The van der Waals surface area contributed by atoms with Gasteiger partial charge >= 0.3 is 0 Å². The molecule has 90 valence electrons. The molecular weight excluding hydrogens is 200 g/mol. The maximum absolute atomic E-state index is 5.68. The molecule has 0 amide bonds. The second-order valence-electron chi connectivity index (χ2n) is 3.75. The van der Waals surface area contributed by atoms with Gasteiger partial charge in [-0.15, -0.1) is 0 Å². The molecule has 1 atom stereocenters. The number of aromatic nitrogens is 1. The van der Waals surface area contributed by atoms with Gasteiger partial charge in [0.15, 0.2) is 0 Å². The summed E-state index contributed by atoms with van der Waals surface area (Å²) in [6.07, 6.45) is 1.09. The van der Waals surface area contributed by atoms with Gasteiger partial charge in [-0.2, -0.15) is 0 Å². The number of rotatable bonds is 2. The number of pyridine rings is 1. The van der Waals surface area contributed by atoms with Crippen molar-refractivity contribution in [3.05, 3.63) is 29.1 Å². The summed E-state index contributed by atoms with van der Waals surface area (Å²) in [5.41, 5.74) is 9.02. The van der Waals surface area contributed by atoms with Gasteiger partial charge in [-0.05, 0) is 25.0 Å². The zero-order valence-corrected chi connectivity index (χ0v) is 10.5. The Hall–Kier alpha value is -0.930. The number of hydrogen-bond donors (Lipinski definition) is 1. The van der Waals surface area contributed by atoms with E-state index in [0.717, 1.165) is 31.0 Å². The van der Waals surface area contributed by atoms with Gasteiger partial charge in [0, 0.05) is 24.8 Å².